The maximum absolute atomic E-state index is 12.5. The molecule has 0 saturated carbocycles. The molecule has 7 nitrogen and oxygen atoms in total. The molecular formula is C19H17N5O2S. The minimum Gasteiger partial charge on any atom is -0.283 e. The summed E-state index contributed by atoms with van der Waals surface area (Å²) in [5.74, 6) is 0.605. The molecule has 0 saturated heterocycles. The molecule has 0 aliphatic heterocycles. The normalized spacial score (nSPS) is 11.6. The van der Waals surface area contributed by atoms with Crippen LogP contribution in [0.2, 0.25) is 0 Å². The fourth-order valence-corrected chi connectivity index (χ4v) is 3.99. The standard InChI is InChI=1S/C19H17N5O2S/c1-14-20-21-19-11-10-18(22-24(14)19)16-8-5-9-17(12-16)23-27(25,26)13-15-6-3-2-4-7-15/h2-12,23H,13H2,1H3. The van der Waals surface area contributed by atoms with Crippen LogP contribution in [0.3, 0.4) is 0 Å². The molecule has 0 radical (unpaired) electrons. The number of rotatable bonds is 5. The van der Waals surface area contributed by atoms with Gasteiger partial charge in [0.2, 0.25) is 10.0 Å². The molecule has 0 aliphatic carbocycles. The molecule has 2 heterocycles. The Balaban J connectivity index is 1.61. The number of benzene rings is 2. The topological polar surface area (TPSA) is 89.2 Å². The third-order valence-electron chi connectivity index (χ3n) is 4.05. The Morgan fingerprint density at radius 2 is 1.78 bits per heavy atom. The first-order chi connectivity index (χ1) is 13.0. The van der Waals surface area contributed by atoms with Crippen LogP contribution in [0.5, 0.6) is 0 Å². The quantitative estimate of drug-likeness (QED) is 0.576. The largest absolute Gasteiger partial charge is 0.283 e. The lowest BCUT2D eigenvalue weighted by Gasteiger charge is -2.10. The lowest BCUT2D eigenvalue weighted by atomic mass is 10.1. The zero-order valence-electron chi connectivity index (χ0n) is 14.6. The molecule has 1 N–H and O–H groups in total. The van der Waals surface area contributed by atoms with E-state index < -0.39 is 10.0 Å². The van der Waals surface area contributed by atoms with Gasteiger partial charge in [0, 0.05) is 11.3 Å². The van der Waals surface area contributed by atoms with Crippen molar-refractivity contribution in [1.82, 2.24) is 19.8 Å². The van der Waals surface area contributed by atoms with Crippen molar-refractivity contribution in [2.75, 3.05) is 4.72 Å². The second-order valence-electron chi connectivity index (χ2n) is 6.16. The van der Waals surface area contributed by atoms with E-state index in [0.717, 1.165) is 11.1 Å². The summed E-state index contributed by atoms with van der Waals surface area (Å²) in [4.78, 5) is 0. The van der Waals surface area contributed by atoms with Crippen molar-refractivity contribution in [3.63, 3.8) is 0 Å². The van der Waals surface area contributed by atoms with Gasteiger partial charge >= 0.3 is 0 Å². The molecule has 2 aromatic carbocycles. The Morgan fingerprint density at radius 1 is 0.963 bits per heavy atom. The Bertz CT molecular complexity index is 1200. The molecule has 0 aliphatic rings. The van der Waals surface area contributed by atoms with Crippen LogP contribution in [0.15, 0.2) is 66.7 Å². The van der Waals surface area contributed by atoms with Gasteiger partial charge in [-0.2, -0.15) is 9.61 Å². The number of hydrogen-bond acceptors (Lipinski definition) is 5. The summed E-state index contributed by atoms with van der Waals surface area (Å²) in [6.07, 6.45) is 0. The van der Waals surface area contributed by atoms with E-state index in [1.165, 1.54) is 0 Å². The summed E-state index contributed by atoms with van der Waals surface area (Å²) >= 11 is 0. The van der Waals surface area contributed by atoms with Crippen LogP contribution in [0.1, 0.15) is 11.4 Å². The molecule has 0 amide bonds. The van der Waals surface area contributed by atoms with E-state index in [9.17, 15) is 8.42 Å². The van der Waals surface area contributed by atoms with E-state index in [1.54, 1.807) is 34.8 Å². The number of aromatic nitrogens is 4. The molecule has 8 heteroatoms. The van der Waals surface area contributed by atoms with Gasteiger partial charge in [-0.25, -0.2) is 8.42 Å². The van der Waals surface area contributed by atoms with Crippen molar-refractivity contribution >= 4 is 21.4 Å². The number of aryl methyl sites for hydroxylation is 1. The average molecular weight is 379 g/mol. The smallest absolute Gasteiger partial charge is 0.236 e. The third-order valence-corrected chi connectivity index (χ3v) is 5.31. The van der Waals surface area contributed by atoms with Crippen molar-refractivity contribution < 1.29 is 8.42 Å². The Morgan fingerprint density at radius 3 is 2.59 bits per heavy atom. The number of anilines is 1. The molecule has 2 aromatic heterocycles. The van der Waals surface area contributed by atoms with Gasteiger partial charge in [0.05, 0.1) is 11.4 Å². The Kier molecular flexibility index (Phi) is 4.33. The first kappa shape index (κ1) is 17.2. The number of fused-ring (bicyclic) bond motifs is 1. The highest BCUT2D eigenvalue weighted by molar-refractivity contribution is 7.91. The van der Waals surface area contributed by atoms with Gasteiger partial charge in [-0.1, -0.05) is 42.5 Å². The molecule has 0 spiro atoms. The van der Waals surface area contributed by atoms with E-state index in [1.807, 2.05) is 43.3 Å². The monoisotopic (exact) mass is 379 g/mol. The van der Waals surface area contributed by atoms with E-state index >= 15 is 0 Å². The van der Waals surface area contributed by atoms with E-state index in [4.69, 9.17) is 0 Å². The molecule has 27 heavy (non-hydrogen) atoms. The highest BCUT2D eigenvalue weighted by Crippen LogP contribution is 2.22. The van der Waals surface area contributed by atoms with Gasteiger partial charge in [-0.15, -0.1) is 10.2 Å². The number of sulfonamides is 1. The van der Waals surface area contributed by atoms with Crippen LogP contribution in [-0.2, 0) is 15.8 Å². The summed E-state index contributed by atoms with van der Waals surface area (Å²) in [7, 11) is -3.51. The lowest BCUT2D eigenvalue weighted by molar-refractivity contribution is 0.600. The average Bonchev–Trinajstić information content (AvgIpc) is 3.02. The summed E-state index contributed by atoms with van der Waals surface area (Å²) < 4.78 is 29.2. The van der Waals surface area contributed by atoms with Crippen molar-refractivity contribution in [3.05, 3.63) is 78.1 Å². The third kappa shape index (κ3) is 3.80. The molecule has 4 aromatic rings. The maximum Gasteiger partial charge on any atom is 0.236 e. The lowest BCUT2D eigenvalue weighted by Crippen LogP contribution is -2.15. The van der Waals surface area contributed by atoms with E-state index in [2.05, 4.69) is 20.0 Å². The van der Waals surface area contributed by atoms with E-state index in [-0.39, 0.29) is 5.75 Å². The van der Waals surface area contributed by atoms with Gasteiger partial charge in [-0.05, 0) is 36.8 Å². The second-order valence-corrected chi connectivity index (χ2v) is 7.89. The molecule has 0 unspecified atom stereocenters. The van der Waals surface area contributed by atoms with Crippen LogP contribution < -0.4 is 4.72 Å². The zero-order valence-corrected chi connectivity index (χ0v) is 15.4. The van der Waals surface area contributed by atoms with Crippen molar-refractivity contribution in [1.29, 1.82) is 0 Å². The molecule has 4 rings (SSSR count). The highest BCUT2D eigenvalue weighted by Gasteiger charge is 2.13. The Labute approximate surface area is 156 Å². The molecule has 0 fully saturated rings. The summed E-state index contributed by atoms with van der Waals surface area (Å²) in [6.45, 7) is 1.82. The fraction of sp³-hybridized carbons (Fsp3) is 0.105. The molecule has 0 bridgehead atoms. The van der Waals surface area contributed by atoms with Crippen molar-refractivity contribution in [2.45, 2.75) is 12.7 Å². The van der Waals surface area contributed by atoms with Gasteiger partial charge in [0.25, 0.3) is 0 Å². The molecular weight excluding hydrogens is 362 g/mol. The predicted octanol–water partition coefficient (Wildman–Crippen LogP) is 3.04. The summed E-state index contributed by atoms with van der Waals surface area (Å²) in [6, 6.07) is 19.9. The van der Waals surface area contributed by atoms with Crippen LogP contribution in [-0.4, -0.2) is 28.2 Å². The number of hydrogen-bond donors (Lipinski definition) is 1. The zero-order chi connectivity index (χ0) is 18.9. The van der Waals surface area contributed by atoms with Crippen LogP contribution in [0.25, 0.3) is 16.9 Å². The van der Waals surface area contributed by atoms with Gasteiger partial charge < -0.3 is 0 Å². The number of nitrogens with one attached hydrogen (secondary N) is 1. The molecule has 136 valence electrons. The number of nitrogens with zero attached hydrogens (tertiary/aromatic N) is 4. The Hall–Kier alpha value is -3.26. The van der Waals surface area contributed by atoms with Gasteiger partial charge in [-0.3, -0.25) is 4.72 Å². The molecule has 0 atom stereocenters. The first-order valence-electron chi connectivity index (χ1n) is 8.34. The first-order valence-corrected chi connectivity index (χ1v) is 9.99. The SMILES string of the molecule is Cc1nnc2ccc(-c3cccc(NS(=O)(=O)Cc4ccccc4)c3)nn12. The second kappa shape index (κ2) is 6.81. The van der Waals surface area contributed by atoms with Gasteiger partial charge in [0.1, 0.15) is 0 Å². The van der Waals surface area contributed by atoms with Crippen molar-refractivity contribution in [3.8, 4) is 11.3 Å². The van der Waals surface area contributed by atoms with Crippen molar-refractivity contribution in [2.24, 2.45) is 0 Å². The maximum atomic E-state index is 12.5. The van der Waals surface area contributed by atoms with Crippen LogP contribution in [0, 0.1) is 6.92 Å². The van der Waals surface area contributed by atoms with E-state index in [0.29, 0.717) is 22.9 Å². The fourth-order valence-electron chi connectivity index (χ4n) is 2.80. The predicted molar refractivity (Wildman–Crippen MR) is 104 cm³/mol. The highest BCUT2D eigenvalue weighted by atomic mass is 32.2. The van der Waals surface area contributed by atoms with Crippen LogP contribution in [0.4, 0.5) is 5.69 Å². The van der Waals surface area contributed by atoms with Gasteiger partial charge in [0.15, 0.2) is 11.5 Å². The minimum absolute atomic E-state index is 0.0812. The summed E-state index contributed by atoms with van der Waals surface area (Å²) in [5, 5.41) is 12.5. The minimum atomic E-state index is -3.51. The summed E-state index contributed by atoms with van der Waals surface area (Å²) in [5.41, 5.74) is 3.39. The van der Waals surface area contributed by atoms with Crippen LogP contribution >= 0.6 is 0 Å².